The van der Waals surface area contributed by atoms with Gasteiger partial charge in [-0.25, -0.2) is 4.79 Å². The average molecular weight is 404 g/mol. The highest BCUT2D eigenvalue weighted by atomic mass is 16.4. The molecule has 0 aromatic heterocycles. The van der Waals surface area contributed by atoms with Crippen LogP contribution in [0.4, 0.5) is 0 Å². The zero-order valence-electron chi connectivity index (χ0n) is 16.7. The summed E-state index contributed by atoms with van der Waals surface area (Å²) in [5.41, 5.74) is 2.92. The Bertz CT molecular complexity index is 1350. The summed E-state index contributed by atoms with van der Waals surface area (Å²) in [6.07, 6.45) is 0. The van der Waals surface area contributed by atoms with E-state index in [2.05, 4.69) is 48.5 Å². The van der Waals surface area contributed by atoms with Gasteiger partial charge in [-0.05, 0) is 50.4 Å². The summed E-state index contributed by atoms with van der Waals surface area (Å²) >= 11 is 0. The van der Waals surface area contributed by atoms with Gasteiger partial charge < -0.3 is 10.2 Å². The molecular formula is C28H20O3. The average Bonchev–Trinajstić information content (AvgIpc) is 2.80. The van der Waals surface area contributed by atoms with Crippen LogP contribution in [0.1, 0.15) is 33.0 Å². The van der Waals surface area contributed by atoms with Gasteiger partial charge in [-0.2, -0.15) is 0 Å². The minimum atomic E-state index is -1.14. The van der Waals surface area contributed by atoms with E-state index in [1.807, 2.05) is 42.5 Å². The minimum absolute atomic E-state index is 0.0945. The zero-order valence-corrected chi connectivity index (χ0v) is 16.7. The van der Waals surface area contributed by atoms with E-state index in [1.165, 1.54) is 6.07 Å². The summed E-state index contributed by atoms with van der Waals surface area (Å²) in [6, 6.07) is 33.7. The molecule has 0 unspecified atom stereocenters. The van der Waals surface area contributed by atoms with Gasteiger partial charge >= 0.3 is 5.97 Å². The van der Waals surface area contributed by atoms with Crippen molar-refractivity contribution in [2.24, 2.45) is 0 Å². The van der Waals surface area contributed by atoms with Gasteiger partial charge in [-0.3, -0.25) is 0 Å². The molecule has 5 aromatic rings. The van der Waals surface area contributed by atoms with E-state index in [-0.39, 0.29) is 17.2 Å². The summed E-state index contributed by atoms with van der Waals surface area (Å²) in [5.74, 6) is -1.57. The van der Waals surface area contributed by atoms with Crippen LogP contribution in [0.15, 0.2) is 103 Å². The molecule has 5 aromatic carbocycles. The number of hydrogen-bond acceptors (Lipinski definition) is 2. The van der Waals surface area contributed by atoms with E-state index in [0.29, 0.717) is 0 Å². The predicted molar refractivity (Wildman–Crippen MR) is 124 cm³/mol. The lowest BCUT2D eigenvalue weighted by atomic mass is 9.80. The fourth-order valence-electron chi connectivity index (χ4n) is 4.44. The van der Waals surface area contributed by atoms with Crippen molar-refractivity contribution >= 4 is 27.5 Å². The van der Waals surface area contributed by atoms with Gasteiger partial charge in [0.15, 0.2) is 0 Å². The first-order valence-corrected chi connectivity index (χ1v) is 10.1. The number of aromatic carboxylic acids is 1. The number of fused-ring (bicyclic) bond motifs is 2. The van der Waals surface area contributed by atoms with Gasteiger partial charge in [-0.1, -0.05) is 91.0 Å². The molecule has 0 aliphatic carbocycles. The maximum atomic E-state index is 11.7. The minimum Gasteiger partial charge on any atom is -0.507 e. The van der Waals surface area contributed by atoms with E-state index >= 15 is 0 Å². The molecule has 0 saturated heterocycles. The van der Waals surface area contributed by atoms with Crippen LogP contribution in [0.25, 0.3) is 21.5 Å². The Hall–Kier alpha value is -4.11. The topological polar surface area (TPSA) is 57.5 Å². The predicted octanol–water partition coefficient (Wildman–Crippen LogP) is 6.58. The normalized spacial score (nSPS) is 11.3. The Labute approximate surface area is 179 Å². The van der Waals surface area contributed by atoms with E-state index in [1.54, 1.807) is 6.07 Å². The lowest BCUT2D eigenvalue weighted by Crippen LogP contribution is -2.07. The second kappa shape index (κ2) is 7.62. The van der Waals surface area contributed by atoms with Crippen molar-refractivity contribution in [1.82, 2.24) is 0 Å². The highest BCUT2D eigenvalue weighted by molar-refractivity contribution is 5.93. The fourth-order valence-corrected chi connectivity index (χ4v) is 4.44. The lowest BCUT2D eigenvalue weighted by Gasteiger charge is -2.23. The number of benzene rings is 5. The highest BCUT2D eigenvalue weighted by Gasteiger charge is 2.23. The van der Waals surface area contributed by atoms with Crippen molar-refractivity contribution in [3.8, 4) is 5.75 Å². The number of aromatic hydroxyl groups is 1. The summed E-state index contributed by atoms with van der Waals surface area (Å²) in [7, 11) is 0. The van der Waals surface area contributed by atoms with E-state index < -0.39 is 5.97 Å². The molecule has 150 valence electrons. The highest BCUT2D eigenvalue weighted by Crippen LogP contribution is 2.40. The molecule has 5 rings (SSSR count). The summed E-state index contributed by atoms with van der Waals surface area (Å²) in [4.78, 5) is 11.7. The number of carboxylic acid groups (broad SMARTS) is 1. The van der Waals surface area contributed by atoms with Crippen LogP contribution in [0.3, 0.4) is 0 Å². The molecule has 0 saturated carbocycles. The SMILES string of the molecule is O=C(O)c1cc(C(c2cccc3ccccc23)c2cccc3ccccc23)ccc1O. The van der Waals surface area contributed by atoms with E-state index in [9.17, 15) is 15.0 Å². The Morgan fingerprint density at radius 2 is 1.16 bits per heavy atom. The number of phenols is 1. The molecular weight excluding hydrogens is 384 g/mol. The molecule has 0 heterocycles. The molecule has 0 atom stereocenters. The van der Waals surface area contributed by atoms with Crippen LogP contribution in [0, 0.1) is 0 Å². The quantitative estimate of drug-likeness (QED) is 0.333. The molecule has 0 bridgehead atoms. The molecule has 0 aliphatic heterocycles. The molecule has 31 heavy (non-hydrogen) atoms. The van der Waals surface area contributed by atoms with Crippen molar-refractivity contribution < 1.29 is 15.0 Å². The van der Waals surface area contributed by atoms with Crippen molar-refractivity contribution in [2.75, 3.05) is 0 Å². The van der Waals surface area contributed by atoms with Crippen molar-refractivity contribution in [3.63, 3.8) is 0 Å². The first-order chi connectivity index (χ1) is 15.1. The number of carboxylic acids is 1. The number of rotatable bonds is 4. The summed E-state index contributed by atoms with van der Waals surface area (Å²) < 4.78 is 0. The molecule has 2 N–H and O–H groups in total. The Balaban J connectivity index is 1.86. The second-order valence-corrected chi connectivity index (χ2v) is 7.65. The standard InChI is InChI=1S/C28H20O3/c29-26-16-15-20(17-25(26)28(30)31)27(23-13-5-9-18-7-1-3-11-21(18)23)24-14-6-10-19-8-2-4-12-22(19)24/h1-17,27,29H,(H,30,31). The van der Waals surface area contributed by atoms with Crippen LogP contribution < -0.4 is 0 Å². The van der Waals surface area contributed by atoms with Crippen LogP contribution >= 0.6 is 0 Å². The molecule has 3 heteroatoms. The van der Waals surface area contributed by atoms with Gasteiger partial charge in [-0.15, -0.1) is 0 Å². The van der Waals surface area contributed by atoms with E-state index in [0.717, 1.165) is 38.2 Å². The number of carbonyl (C=O) groups is 1. The van der Waals surface area contributed by atoms with Crippen LogP contribution in [0.2, 0.25) is 0 Å². The second-order valence-electron chi connectivity index (χ2n) is 7.65. The van der Waals surface area contributed by atoms with Gasteiger partial charge in [0.05, 0.1) is 0 Å². The summed E-state index contributed by atoms with van der Waals surface area (Å²) in [5, 5.41) is 24.2. The Morgan fingerprint density at radius 3 is 1.71 bits per heavy atom. The van der Waals surface area contributed by atoms with Gasteiger partial charge in [0.25, 0.3) is 0 Å². The van der Waals surface area contributed by atoms with Crippen LogP contribution in [0.5, 0.6) is 5.75 Å². The zero-order chi connectivity index (χ0) is 21.4. The molecule has 0 spiro atoms. The van der Waals surface area contributed by atoms with Gasteiger partial charge in [0, 0.05) is 5.92 Å². The van der Waals surface area contributed by atoms with Crippen molar-refractivity contribution in [2.45, 2.75) is 5.92 Å². The maximum Gasteiger partial charge on any atom is 0.339 e. The molecule has 0 aliphatic rings. The Kier molecular flexibility index (Phi) is 4.64. The largest absolute Gasteiger partial charge is 0.507 e. The first kappa shape index (κ1) is 18.9. The third-order valence-corrected chi connectivity index (χ3v) is 5.85. The lowest BCUT2D eigenvalue weighted by molar-refractivity contribution is 0.0693. The first-order valence-electron chi connectivity index (χ1n) is 10.1. The molecule has 0 amide bonds. The van der Waals surface area contributed by atoms with Crippen molar-refractivity contribution in [1.29, 1.82) is 0 Å². The third kappa shape index (κ3) is 3.30. The molecule has 0 radical (unpaired) electrons. The van der Waals surface area contributed by atoms with Gasteiger partial charge in [0.2, 0.25) is 0 Å². The summed E-state index contributed by atoms with van der Waals surface area (Å²) in [6.45, 7) is 0. The van der Waals surface area contributed by atoms with Crippen molar-refractivity contribution in [3.05, 3.63) is 125 Å². The monoisotopic (exact) mass is 404 g/mol. The van der Waals surface area contributed by atoms with E-state index in [4.69, 9.17) is 0 Å². The van der Waals surface area contributed by atoms with Crippen LogP contribution in [-0.4, -0.2) is 16.2 Å². The molecule has 3 nitrogen and oxygen atoms in total. The van der Waals surface area contributed by atoms with Crippen LogP contribution in [-0.2, 0) is 0 Å². The smallest absolute Gasteiger partial charge is 0.339 e. The molecule has 0 fully saturated rings. The fraction of sp³-hybridized carbons (Fsp3) is 0.0357. The third-order valence-electron chi connectivity index (χ3n) is 5.85. The Morgan fingerprint density at radius 1 is 0.645 bits per heavy atom. The van der Waals surface area contributed by atoms with Gasteiger partial charge in [0.1, 0.15) is 11.3 Å². The maximum absolute atomic E-state index is 11.7. The number of hydrogen-bond donors (Lipinski definition) is 2.